The van der Waals surface area contributed by atoms with Crippen molar-refractivity contribution in [3.8, 4) is 5.75 Å². The van der Waals surface area contributed by atoms with Gasteiger partial charge in [0.25, 0.3) is 0 Å². The van der Waals surface area contributed by atoms with Gasteiger partial charge in [-0.3, -0.25) is 4.79 Å². The summed E-state index contributed by atoms with van der Waals surface area (Å²) in [5.74, 6) is -3.32. The van der Waals surface area contributed by atoms with Gasteiger partial charge in [-0.25, -0.2) is 8.42 Å². The average Bonchev–Trinajstić information content (AvgIpc) is 2.59. The lowest BCUT2D eigenvalue weighted by molar-refractivity contribution is -0.114. The number of ether oxygens (including phenoxy) is 1. The highest BCUT2D eigenvalue weighted by molar-refractivity contribution is 7.91. The minimum atomic E-state index is -4.72. The van der Waals surface area contributed by atoms with Crippen LogP contribution in [0.25, 0.3) is 0 Å². The predicted molar refractivity (Wildman–Crippen MR) is 94.3 cm³/mol. The summed E-state index contributed by atoms with van der Waals surface area (Å²) in [5.41, 5.74) is 1.22. The number of rotatable bonds is 7. The molecule has 0 atom stereocenters. The van der Waals surface area contributed by atoms with Gasteiger partial charge < -0.3 is 15.4 Å². The fraction of sp³-hybridized carbons (Fsp3) is 0.235. The summed E-state index contributed by atoms with van der Waals surface area (Å²) < 4.78 is 54.4. The Hall–Kier alpha value is -2.68. The number of anilines is 2. The summed E-state index contributed by atoms with van der Waals surface area (Å²) in [6, 6.07) is 10.5. The van der Waals surface area contributed by atoms with Crippen LogP contribution in [-0.4, -0.2) is 27.2 Å². The molecular formula is C17H18F2N2O4S. The van der Waals surface area contributed by atoms with Crippen LogP contribution in [-0.2, 0) is 21.2 Å². The second-order valence-electron chi connectivity index (χ2n) is 5.37. The van der Waals surface area contributed by atoms with Crippen molar-refractivity contribution in [2.24, 2.45) is 0 Å². The van der Waals surface area contributed by atoms with E-state index in [0.717, 1.165) is 6.07 Å². The van der Waals surface area contributed by atoms with Crippen molar-refractivity contribution in [2.75, 3.05) is 17.7 Å². The van der Waals surface area contributed by atoms with E-state index in [2.05, 4.69) is 10.6 Å². The lowest BCUT2D eigenvalue weighted by Gasteiger charge is -2.14. The third kappa shape index (κ3) is 4.48. The molecule has 0 saturated carbocycles. The number of nitrogens with one attached hydrogen (secondary N) is 2. The van der Waals surface area contributed by atoms with Crippen molar-refractivity contribution < 1.29 is 26.7 Å². The molecular weight excluding hydrogens is 366 g/mol. The lowest BCUT2D eigenvalue weighted by atomic mass is 10.1. The fourth-order valence-corrected chi connectivity index (χ4v) is 3.21. The minimum absolute atomic E-state index is 0.0738. The summed E-state index contributed by atoms with van der Waals surface area (Å²) in [5, 5.41) is 5.47. The molecule has 0 aliphatic rings. The van der Waals surface area contributed by atoms with E-state index in [9.17, 15) is 22.0 Å². The molecule has 0 unspecified atom stereocenters. The normalized spacial score (nSPS) is 11.3. The number of alkyl halides is 2. The van der Waals surface area contributed by atoms with Crippen LogP contribution in [0.3, 0.4) is 0 Å². The van der Waals surface area contributed by atoms with Crippen LogP contribution in [0.4, 0.5) is 20.2 Å². The van der Waals surface area contributed by atoms with Crippen LogP contribution in [0.2, 0.25) is 0 Å². The van der Waals surface area contributed by atoms with Crippen LogP contribution < -0.4 is 15.4 Å². The highest BCUT2D eigenvalue weighted by Crippen LogP contribution is 2.28. The molecule has 0 saturated heterocycles. The molecule has 0 aliphatic carbocycles. The van der Waals surface area contributed by atoms with Gasteiger partial charge in [-0.2, -0.15) is 8.78 Å². The van der Waals surface area contributed by atoms with E-state index >= 15 is 0 Å². The molecule has 140 valence electrons. The monoisotopic (exact) mass is 384 g/mol. The van der Waals surface area contributed by atoms with E-state index < -0.39 is 20.5 Å². The molecule has 0 bridgehead atoms. The van der Waals surface area contributed by atoms with Crippen LogP contribution in [0.5, 0.6) is 5.75 Å². The number of amides is 1. The molecule has 0 fully saturated rings. The van der Waals surface area contributed by atoms with E-state index in [0.29, 0.717) is 17.0 Å². The summed E-state index contributed by atoms with van der Waals surface area (Å²) in [4.78, 5) is 10.8. The SMILES string of the molecule is COc1ccc(CNc2ccccc2S(=O)(=O)C(F)F)cc1NC(C)=O. The van der Waals surface area contributed by atoms with Crippen molar-refractivity contribution in [1.82, 2.24) is 0 Å². The first-order chi connectivity index (χ1) is 12.3. The fourth-order valence-electron chi connectivity index (χ4n) is 2.31. The maximum Gasteiger partial charge on any atom is 0.341 e. The first-order valence-corrected chi connectivity index (χ1v) is 9.09. The molecule has 1 amide bonds. The summed E-state index contributed by atoms with van der Waals surface area (Å²) in [7, 11) is -3.26. The largest absolute Gasteiger partial charge is 0.495 e. The Kier molecular flexibility index (Phi) is 6.14. The zero-order chi connectivity index (χ0) is 19.3. The van der Waals surface area contributed by atoms with Crippen LogP contribution >= 0.6 is 0 Å². The lowest BCUT2D eigenvalue weighted by Crippen LogP contribution is -2.14. The number of hydrogen-bond acceptors (Lipinski definition) is 5. The summed E-state index contributed by atoms with van der Waals surface area (Å²) in [6.07, 6.45) is 0. The molecule has 2 N–H and O–H groups in total. The molecule has 0 aromatic heterocycles. The van der Waals surface area contributed by atoms with Crippen molar-refractivity contribution in [1.29, 1.82) is 0 Å². The second-order valence-corrected chi connectivity index (χ2v) is 7.26. The topological polar surface area (TPSA) is 84.5 Å². The predicted octanol–water partition coefficient (Wildman–Crippen LogP) is 3.26. The highest BCUT2D eigenvalue weighted by Gasteiger charge is 2.28. The molecule has 0 heterocycles. The smallest absolute Gasteiger partial charge is 0.341 e. The second kappa shape index (κ2) is 8.13. The summed E-state index contributed by atoms with van der Waals surface area (Å²) in [6.45, 7) is 1.52. The number of benzene rings is 2. The first kappa shape index (κ1) is 19.6. The van der Waals surface area contributed by atoms with Gasteiger partial charge in [-0.1, -0.05) is 18.2 Å². The minimum Gasteiger partial charge on any atom is -0.495 e. The Bertz CT molecular complexity index is 901. The van der Waals surface area contributed by atoms with E-state index in [-0.39, 0.29) is 18.1 Å². The number of halogens is 2. The molecule has 26 heavy (non-hydrogen) atoms. The maximum atomic E-state index is 12.8. The number of methoxy groups -OCH3 is 1. The third-order valence-electron chi connectivity index (χ3n) is 3.49. The van der Waals surface area contributed by atoms with E-state index in [1.807, 2.05) is 0 Å². The van der Waals surface area contributed by atoms with E-state index in [1.54, 1.807) is 24.3 Å². The van der Waals surface area contributed by atoms with E-state index in [4.69, 9.17) is 4.74 Å². The van der Waals surface area contributed by atoms with Gasteiger partial charge in [0.15, 0.2) is 0 Å². The van der Waals surface area contributed by atoms with Gasteiger partial charge in [0.2, 0.25) is 15.7 Å². The Morgan fingerprint density at radius 3 is 2.46 bits per heavy atom. The number of hydrogen-bond donors (Lipinski definition) is 2. The quantitative estimate of drug-likeness (QED) is 0.765. The molecule has 9 heteroatoms. The molecule has 0 aliphatic heterocycles. The summed E-state index contributed by atoms with van der Waals surface area (Å²) >= 11 is 0. The Balaban J connectivity index is 2.26. The van der Waals surface area contributed by atoms with Crippen LogP contribution in [0.15, 0.2) is 47.4 Å². The number of sulfone groups is 1. The van der Waals surface area contributed by atoms with Gasteiger partial charge in [-0.15, -0.1) is 0 Å². The highest BCUT2D eigenvalue weighted by atomic mass is 32.2. The molecule has 2 aromatic rings. The van der Waals surface area contributed by atoms with Gasteiger partial charge in [0, 0.05) is 13.5 Å². The van der Waals surface area contributed by atoms with Crippen LogP contribution in [0.1, 0.15) is 12.5 Å². The van der Waals surface area contributed by atoms with Gasteiger partial charge in [0.05, 0.1) is 23.4 Å². The Morgan fingerprint density at radius 1 is 1.15 bits per heavy atom. The Labute approximate surface area is 150 Å². The number of para-hydroxylation sites is 1. The van der Waals surface area contributed by atoms with Gasteiger partial charge in [0.1, 0.15) is 5.75 Å². The molecule has 2 aromatic carbocycles. The first-order valence-electron chi connectivity index (χ1n) is 7.55. The maximum absolute atomic E-state index is 12.8. The zero-order valence-corrected chi connectivity index (χ0v) is 14.9. The van der Waals surface area contributed by atoms with Crippen molar-refractivity contribution >= 4 is 27.1 Å². The van der Waals surface area contributed by atoms with Crippen molar-refractivity contribution in [2.45, 2.75) is 24.1 Å². The van der Waals surface area contributed by atoms with Crippen molar-refractivity contribution in [3.05, 3.63) is 48.0 Å². The van der Waals surface area contributed by atoms with Crippen molar-refractivity contribution in [3.63, 3.8) is 0 Å². The zero-order valence-electron chi connectivity index (χ0n) is 14.1. The average molecular weight is 384 g/mol. The van der Waals surface area contributed by atoms with Gasteiger partial charge >= 0.3 is 5.76 Å². The standard InChI is InChI=1S/C17H18F2N2O4S/c1-11(22)21-14-9-12(7-8-15(14)25-2)10-20-13-5-3-4-6-16(13)26(23,24)17(18)19/h3-9,17,20H,10H2,1-2H3,(H,21,22). The Morgan fingerprint density at radius 2 is 1.85 bits per heavy atom. The number of carbonyl (C=O) groups is 1. The molecule has 6 nitrogen and oxygen atoms in total. The number of carbonyl (C=O) groups excluding carboxylic acids is 1. The van der Waals surface area contributed by atoms with E-state index in [1.165, 1.54) is 26.2 Å². The molecule has 0 spiro atoms. The van der Waals surface area contributed by atoms with Crippen LogP contribution in [0, 0.1) is 0 Å². The van der Waals surface area contributed by atoms with Gasteiger partial charge in [-0.05, 0) is 29.8 Å². The molecule has 2 rings (SSSR count). The molecule has 0 radical (unpaired) electrons. The third-order valence-corrected chi connectivity index (χ3v) is 4.92.